The van der Waals surface area contributed by atoms with Crippen molar-refractivity contribution in [1.29, 1.82) is 0 Å². The fraction of sp³-hybridized carbons (Fsp3) is 0.562. The van der Waals surface area contributed by atoms with Gasteiger partial charge in [-0.25, -0.2) is 0 Å². The largest absolute Gasteiger partial charge is 0.490 e. The highest BCUT2D eigenvalue weighted by atomic mass is 16.5. The number of fused-ring (bicyclic) bond motifs is 1. The topological polar surface area (TPSA) is 41.1 Å². The van der Waals surface area contributed by atoms with Gasteiger partial charge in [-0.2, -0.15) is 5.10 Å². The zero-order valence-corrected chi connectivity index (χ0v) is 12.5. The summed E-state index contributed by atoms with van der Waals surface area (Å²) in [4.78, 5) is 2.32. The standard InChI is InChI=1S/C16H23N3O/c1-11-14-10-17-18-15(14)7-8-16(11)20-13-6-4-5-12(9-13)19(2)3/h7-8,10,12-13H,4-6,9H2,1-3H3,(H,17,18)/t12-,13+/m1/s1. The van der Waals surface area contributed by atoms with Crippen LogP contribution in [0.4, 0.5) is 0 Å². The van der Waals surface area contributed by atoms with Gasteiger partial charge in [0, 0.05) is 17.0 Å². The summed E-state index contributed by atoms with van der Waals surface area (Å²) in [5, 5.41) is 8.25. The number of rotatable bonds is 3. The van der Waals surface area contributed by atoms with E-state index in [0.717, 1.165) is 29.5 Å². The first-order valence-corrected chi connectivity index (χ1v) is 7.41. The van der Waals surface area contributed by atoms with Crippen LogP contribution in [0.3, 0.4) is 0 Å². The molecule has 0 bridgehead atoms. The van der Waals surface area contributed by atoms with E-state index in [1.54, 1.807) is 0 Å². The number of nitrogens with zero attached hydrogens (tertiary/aromatic N) is 2. The van der Waals surface area contributed by atoms with Gasteiger partial charge in [0.2, 0.25) is 0 Å². The maximum Gasteiger partial charge on any atom is 0.123 e. The Labute approximate surface area is 120 Å². The highest BCUT2D eigenvalue weighted by Gasteiger charge is 2.25. The van der Waals surface area contributed by atoms with Crippen molar-refractivity contribution in [2.45, 2.75) is 44.8 Å². The monoisotopic (exact) mass is 273 g/mol. The third-order valence-electron chi connectivity index (χ3n) is 4.47. The molecule has 4 nitrogen and oxygen atoms in total. The van der Waals surface area contributed by atoms with Crippen LogP contribution < -0.4 is 4.74 Å². The predicted octanol–water partition coefficient (Wildman–Crippen LogP) is 3.12. The van der Waals surface area contributed by atoms with E-state index < -0.39 is 0 Å². The number of aromatic amines is 1. The van der Waals surface area contributed by atoms with Gasteiger partial charge in [-0.1, -0.05) is 0 Å². The lowest BCUT2D eigenvalue weighted by Gasteiger charge is -2.33. The minimum absolute atomic E-state index is 0.333. The first kappa shape index (κ1) is 13.4. The predicted molar refractivity (Wildman–Crippen MR) is 81.2 cm³/mol. The zero-order chi connectivity index (χ0) is 14.1. The molecule has 1 fully saturated rings. The van der Waals surface area contributed by atoms with Gasteiger partial charge in [0.15, 0.2) is 0 Å². The average molecular weight is 273 g/mol. The minimum atomic E-state index is 0.333. The van der Waals surface area contributed by atoms with E-state index in [0.29, 0.717) is 12.1 Å². The van der Waals surface area contributed by atoms with E-state index in [-0.39, 0.29) is 0 Å². The Kier molecular flexibility index (Phi) is 3.66. The molecule has 0 radical (unpaired) electrons. The second kappa shape index (κ2) is 5.44. The summed E-state index contributed by atoms with van der Waals surface area (Å²) in [6.07, 6.45) is 7.02. The van der Waals surface area contributed by atoms with Gasteiger partial charge in [0.25, 0.3) is 0 Å². The van der Waals surface area contributed by atoms with Crippen LogP contribution in [0.2, 0.25) is 0 Å². The van der Waals surface area contributed by atoms with Crippen molar-refractivity contribution in [2.75, 3.05) is 14.1 Å². The molecule has 4 heteroatoms. The normalized spacial score (nSPS) is 23.4. The second-order valence-corrected chi connectivity index (χ2v) is 6.04. The summed E-state index contributed by atoms with van der Waals surface area (Å²) in [6.45, 7) is 2.11. The fourth-order valence-corrected chi connectivity index (χ4v) is 3.14. The summed E-state index contributed by atoms with van der Waals surface area (Å²) in [7, 11) is 4.33. The Balaban J connectivity index is 1.77. The molecule has 0 unspecified atom stereocenters. The lowest BCUT2D eigenvalue weighted by molar-refractivity contribution is 0.0998. The van der Waals surface area contributed by atoms with E-state index in [2.05, 4.69) is 48.2 Å². The number of hydrogen-bond acceptors (Lipinski definition) is 3. The Morgan fingerprint density at radius 2 is 2.15 bits per heavy atom. The number of nitrogens with one attached hydrogen (secondary N) is 1. The zero-order valence-electron chi connectivity index (χ0n) is 12.5. The summed E-state index contributed by atoms with van der Waals surface area (Å²) < 4.78 is 6.28. The summed E-state index contributed by atoms with van der Waals surface area (Å²) in [6, 6.07) is 4.76. The van der Waals surface area contributed by atoms with Gasteiger partial charge in [0.05, 0.1) is 11.7 Å². The molecule has 0 amide bonds. The van der Waals surface area contributed by atoms with Crippen molar-refractivity contribution in [2.24, 2.45) is 0 Å². The van der Waals surface area contributed by atoms with Crippen molar-refractivity contribution in [1.82, 2.24) is 15.1 Å². The SMILES string of the molecule is Cc1c(O[C@H]2CCC[C@@H](N(C)C)C2)ccc2[nH]ncc12. The van der Waals surface area contributed by atoms with Crippen LogP contribution in [-0.2, 0) is 0 Å². The van der Waals surface area contributed by atoms with Crippen molar-refractivity contribution in [3.8, 4) is 5.75 Å². The molecule has 1 aromatic carbocycles. The number of H-pyrrole nitrogens is 1. The molecule has 3 rings (SSSR count). The van der Waals surface area contributed by atoms with Crippen molar-refractivity contribution in [3.63, 3.8) is 0 Å². The van der Waals surface area contributed by atoms with Crippen LogP contribution in [0.15, 0.2) is 18.3 Å². The maximum atomic E-state index is 6.28. The van der Waals surface area contributed by atoms with Crippen molar-refractivity contribution in [3.05, 3.63) is 23.9 Å². The van der Waals surface area contributed by atoms with E-state index in [1.165, 1.54) is 18.4 Å². The Morgan fingerprint density at radius 1 is 1.30 bits per heavy atom. The Morgan fingerprint density at radius 3 is 2.95 bits per heavy atom. The first-order valence-electron chi connectivity index (χ1n) is 7.41. The highest BCUT2D eigenvalue weighted by Crippen LogP contribution is 2.30. The number of ether oxygens (including phenoxy) is 1. The molecule has 1 N–H and O–H groups in total. The second-order valence-electron chi connectivity index (χ2n) is 6.04. The summed E-state index contributed by atoms with van der Waals surface area (Å²) >= 11 is 0. The molecule has 108 valence electrons. The molecule has 0 aliphatic heterocycles. The van der Waals surface area contributed by atoms with Crippen LogP contribution in [0.25, 0.3) is 10.9 Å². The molecule has 1 aliphatic rings. The lowest BCUT2D eigenvalue weighted by Crippen LogP contribution is -2.37. The Bertz CT molecular complexity index is 590. The molecule has 0 saturated heterocycles. The van der Waals surface area contributed by atoms with Gasteiger partial charge >= 0.3 is 0 Å². The Hall–Kier alpha value is -1.55. The van der Waals surface area contributed by atoms with E-state index in [9.17, 15) is 0 Å². The molecular weight excluding hydrogens is 250 g/mol. The fourth-order valence-electron chi connectivity index (χ4n) is 3.14. The van der Waals surface area contributed by atoms with Crippen molar-refractivity contribution < 1.29 is 4.74 Å². The third kappa shape index (κ3) is 2.52. The molecule has 20 heavy (non-hydrogen) atoms. The average Bonchev–Trinajstić information content (AvgIpc) is 2.91. The van der Waals surface area contributed by atoms with Crippen LogP contribution in [0.1, 0.15) is 31.2 Å². The molecule has 1 heterocycles. The molecule has 2 aromatic rings. The van der Waals surface area contributed by atoms with E-state index in [1.807, 2.05) is 6.20 Å². The quantitative estimate of drug-likeness (QED) is 0.934. The molecule has 0 spiro atoms. The number of aryl methyl sites for hydroxylation is 1. The number of benzene rings is 1. The smallest absolute Gasteiger partial charge is 0.123 e. The lowest BCUT2D eigenvalue weighted by atomic mass is 9.92. The van der Waals surface area contributed by atoms with Crippen LogP contribution >= 0.6 is 0 Å². The number of aromatic nitrogens is 2. The van der Waals surface area contributed by atoms with Gasteiger partial charge in [-0.15, -0.1) is 0 Å². The minimum Gasteiger partial charge on any atom is -0.490 e. The van der Waals surface area contributed by atoms with Gasteiger partial charge < -0.3 is 9.64 Å². The molecule has 1 aromatic heterocycles. The third-order valence-corrected chi connectivity index (χ3v) is 4.47. The highest BCUT2D eigenvalue weighted by molar-refractivity contribution is 5.83. The van der Waals surface area contributed by atoms with Crippen LogP contribution in [-0.4, -0.2) is 41.3 Å². The molecule has 2 atom stereocenters. The molecular formula is C16H23N3O. The van der Waals surface area contributed by atoms with Crippen LogP contribution in [0, 0.1) is 6.92 Å². The molecule has 1 saturated carbocycles. The summed E-state index contributed by atoms with van der Waals surface area (Å²) in [5.41, 5.74) is 2.26. The first-order chi connectivity index (χ1) is 9.65. The van der Waals surface area contributed by atoms with E-state index in [4.69, 9.17) is 4.74 Å². The van der Waals surface area contributed by atoms with E-state index >= 15 is 0 Å². The summed E-state index contributed by atoms with van der Waals surface area (Å²) in [5.74, 6) is 1.00. The van der Waals surface area contributed by atoms with Crippen molar-refractivity contribution >= 4 is 10.9 Å². The number of hydrogen-bond donors (Lipinski definition) is 1. The van der Waals surface area contributed by atoms with Crippen LogP contribution in [0.5, 0.6) is 5.75 Å². The van der Waals surface area contributed by atoms with Gasteiger partial charge in [-0.05, 0) is 58.8 Å². The van der Waals surface area contributed by atoms with Gasteiger partial charge in [0.1, 0.15) is 11.9 Å². The van der Waals surface area contributed by atoms with Gasteiger partial charge in [-0.3, -0.25) is 5.10 Å². The maximum absolute atomic E-state index is 6.28. The molecule has 1 aliphatic carbocycles.